The highest BCUT2D eigenvalue weighted by Gasteiger charge is 2.38. The molecule has 9 nitrogen and oxygen atoms in total. The van der Waals surface area contributed by atoms with Crippen molar-refractivity contribution in [1.29, 1.82) is 0 Å². The van der Waals surface area contributed by atoms with Crippen LogP contribution in [0.25, 0.3) is 0 Å². The number of aromatic nitrogens is 2. The highest BCUT2D eigenvalue weighted by atomic mass is 16.6. The summed E-state index contributed by atoms with van der Waals surface area (Å²) in [6.07, 6.45) is 1.05. The number of hydrogen-bond acceptors (Lipinski definition) is 8. The monoisotopic (exact) mass is 587 g/mol. The van der Waals surface area contributed by atoms with E-state index < -0.39 is 11.7 Å². The van der Waals surface area contributed by atoms with Gasteiger partial charge < -0.3 is 29.4 Å². The van der Waals surface area contributed by atoms with E-state index in [-0.39, 0.29) is 32.1 Å². The lowest BCUT2D eigenvalue weighted by atomic mass is 9.80. The molecule has 0 saturated carbocycles. The Hall–Kier alpha value is -4.18. The average molecular weight is 588 g/mol. The molecule has 0 bridgehead atoms. The molecule has 0 aliphatic rings. The standard InChI is InChI=1S/C34H41N3O6/c1-25(2)22-35-32-18-19-37(33(39)36-32)20-21-42-31(23-38)24-43-34(26-8-6-5-7-9-26,27-10-14-29(40-3)15-11-27)28-12-16-30(41-4)17-13-28/h5-19,25,31,38H,20-24H2,1-4H3,(H,35,36,39). The largest absolute Gasteiger partial charge is 0.497 e. The molecule has 0 amide bonds. The molecule has 0 radical (unpaired) electrons. The van der Waals surface area contributed by atoms with Crippen LogP contribution in [0.15, 0.2) is 95.9 Å². The Bertz CT molecular complexity index is 1410. The number of aliphatic hydroxyl groups is 1. The molecule has 0 fully saturated rings. The van der Waals surface area contributed by atoms with E-state index in [1.165, 1.54) is 4.57 Å². The van der Waals surface area contributed by atoms with Gasteiger partial charge in [0.2, 0.25) is 0 Å². The zero-order valence-electron chi connectivity index (χ0n) is 25.2. The van der Waals surface area contributed by atoms with Crippen LogP contribution in [-0.2, 0) is 21.6 Å². The second-order valence-corrected chi connectivity index (χ2v) is 10.6. The van der Waals surface area contributed by atoms with E-state index in [9.17, 15) is 9.90 Å². The zero-order valence-corrected chi connectivity index (χ0v) is 25.2. The number of anilines is 1. The van der Waals surface area contributed by atoms with Gasteiger partial charge in [0.25, 0.3) is 0 Å². The summed E-state index contributed by atoms with van der Waals surface area (Å²) in [7, 11) is 3.26. The number of benzene rings is 3. The lowest BCUT2D eigenvalue weighted by molar-refractivity contribution is -0.0821. The van der Waals surface area contributed by atoms with Crippen molar-refractivity contribution in [1.82, 2.24) is 9.55 Å². The van der Waals surface area contributed by atoms with E-state index in [4.69, 9.17) is 18.9 Å². The number of nitrogens with zero attached hydrogens (tertiary/aromatic N) is 2. The normalized spacial score (nSPS) is 12.2. The smallest absolute Gasteiger partial charge is 0.349 e. The van der Waals surface area contributed by atoms with Gasteiger partial charge in [-0.25, -0.2) is 4.79 Å². The molecule has 0 spiro atoms. The Morgan fingerprint density at radius 3 is 1.95 bits per heavy atom. The van der Waals surface area contributed by atoms with Crippen molar-refractivity contribution in [3.05, 3.63) is 118 Å². The summed E-state index contributed by atoms with van der Waals surface area (Å²) in [5.74, 6) is 2.44. The predicted octanol–water partition coefficient (Wildman–Crippen LogP) is 4.71. The first-order valence-corrected chi connectivity index (χ1v) is 14.4. The summed E-state index contributed by atoms with van der Waals surface area (Å²) in [5, 5.41) is 13.4. The van der Waals surface area contributed by atoms with E-state index >= 15 is 0 Å². The Morgan fingerprint density at radius 1 is 0.860 bits per heavy atom. The SMILES string of the molecule is COc1ccc(C(OCC(CO)OCCn2ccc(NCC(C)C)nc2=O)(c2ccccc2)c2ccc(OC)cc2)cc1. The minimum absolute atomic E-state index is 0.0780. The molecular weight excluding hydrogens is 546 g/mol. The molecular formula is C34H41N3O6. The molecule has 1 atom stereocenters. The van der Waals surface area contributed by atoms with Crippen LogP contribution in [0.4, 0.5) is 5.82 Å². The molecule has 4 aromatic rings. The first-order chi connectivity index (χ1) is 20.9. The van der Waals surface area contributed by atoms with Crippen molar-refractivity contribution < 1.29 is 24.1 Å². The van der Waals surface area contributed by atoms with Crippen molar-refractivity contribution >= 4 is 5.82 Å². The Kier molecular flexibility index (Phi) is 11.3. The van der Waals surface area contributed by atoms with Gasteiger partial charge in [-0.05, 0) is 52.9 Å². The Balaban J connectivity index is 1.56. The quantitative estimate of drug-likeness (QED) is 0.182. The number of aliphatic hydroxyl groups excluding tert-OH is 1. The van der Waals surface area contributed by atoms with E-state index in [2.05, 4.69) is 24.1 Å². The third-order valence-corrected chi connectivity index (χ3v) is 7.11. The maximum atomic E-state index is 12.5. The molecule has 1 aromatic heterocycles. The third kappa shape index (κ3) is 8.01. The van der Waals surface area contributed by atoms with Crippen molar-refractivity contribution in [2.45, 2.75) is 32.1 Å². The van der Waals surface area contributed by atoms with Gasteiger partial charge in [-0.3, -0.25) is 4.57 Å². The fourth-order valence-corrected chi connectivity index (χ4v) is 4.77. The summed E-state index contributed by atoms with van der Waals surface area (Å²) >= 11 is 0. The van der Waals surface area contributed by atoms with Crippen LogP contribution in [0, 0.1) is 5.92 Å². The number of methoxy groups -OCH3 is 2. The molecule has 43 heavy (non-hydrogen) atoms. The summed E-state index contributed by atoms with van der Waals surface area (Å²) in [4.78, 5) is 16.6. The highest BCUT2D eigenvalue weighted by molar-refractivity contribution is 5.49. The molecule has 1 unspecified atom stereocenters. The van der Waals surface area contributed by atoms with Crippen LogP contribution < -0.4 is 20.5 Å². The molecule has 0 aliphatic heterocycles. The first-order valence-electron chi connectivity index (χ1n) is 14.4. The maximum Gasteiger partial charge on any atom is 0.349 e. The summed E-state index contributed by atoms with van der Waals surface area (Å²) in [6, 6.07) is 27.2. The molecule has 0 aliphatic carbocycles. The molecule has 1 heterocycles. The van der Waals surface area contributed by atoms with Crippen LogP contribution >= 0.6 is 0 Å². The second-order valence-electron chi connectivity index (χ2n) is 10.6. The van der Waals surface area contributed by atoms with Gasteiger partial charge in [-0.15, -0.1) is 0 Å². The molecule has 2 N–H and O–H groups in total. The van der Waals surface area contributed by atoms with E-state index in [0.29, 0.717) is 11.7 Å². The fourth-order valence-electron chi connectivity index (χ4n) is 4.77. The van der Waals surface area contributed by atoms with Gasteiger partial charge in [0.15, 0.2) is 0 Å². The topological polar surface area (TPSA) is 104 Å². The third-order valence-electron chi connectivity index (χ3n) is 7.11. The lowest BCUT2D eigenvalue weighted by Gasteiger charge is -2.37. The van der Waals surface area contributed by atoms with Gasteiger partial charge in [0.05, 0.1) is 40.6 Å². The van der Waals surface area contributed by atoms with E-state index in [1.807, 2.05) is 78.9 Å². The Labute approximate surface area is 253 Å². The first kappa shape index (κ1) is 31.7. The van der Waals surface area contributed by atoms with Gasteiger partial charge in [0, 0.05) is 12.7 Å². The molecule has 228 valence electrons. The van der Waals surface area contributed by atoms with Crippen LogP contribution in [0.3, 0.4) is 0 Å². The molecule has 4 rings (SSSR count). The van der Waals surface area contributed by atoms with Gasteiger partial charge in [-0.2, -0.15) is 4.98 Å². The maximum absolute atomic E-state index is 12.5. The lowest BCUT2D eigenvalue weighted by Crippen LogP contribution is -2.37. The number of rotatable bonds is 16. The summed E-state index contributed by atoms with van der Waals surface area (Å²) < 4.78 is 25.2. The predicted molar refractivity (Wildman–Crippen MR) is 167 cm³/mol. The van der Waals surface area contributed by atoms with E-state index in [1.54, 1.807) is 26.5 Å². The van der Waals surface area contributed by atoms with Crippen LogP contribution in [0.2, 0.25) is 0 Å². The number of hydrogen-bond donors (Lipinski definition) is 2. The fraction of sp³-hybridized carbons (Fsp3) is 0.353. The van der Waals surface area contributed by atoms with Gasteiger partial charge in [0.1, 0.15) is 29.0 Å². The van der Waals surface area contributed by atoms with Crippen molar-refractivity contribution in [2.75, 3.05) is 45.9 Å². The van der Waals surface area contributed by atoms with Gasteiger partial charge >= 0.3 is 5.69 Å². The van der Waals surface area contributed by atoms with Gasteiger partial charge in [-0.1, -0.05) is 68.4 Å². The average Bonchev–Trinajstić information content (AvgIpc) is 3.05. The number of nitrogens with one attached hydrogen (secondary N) is 1. The van der Waals surface area contributed by atoms with Crippen molar-refractivity contribution in [2.24, 2.45) is 5.92 Å². The zero-order chi connectivity index (χ0) is 30.7. The van der Waals surface area contributed by atoms with Crippen LogP contribution in [0.5, 0.6) is 11.5 Å². The second kappa shape index (κ2) is 15.3. The minimum atomic E-state index is -1.03. The molecule has 0 saturated heterocycles. The molecule has 9 heteroatoms. The van der Waals surface area contributed by atoms with Crippen molar-refractivity contribution in [3.63, 3.8) is 0 Å². The van der Waals surface area contributed by atoms with Crippen LogP contribution in [0.1, 0.15) is 30.5 Å². The highest BCUT2D eigenvalue weighted by Crippen LogP contribution is 2.41. The van der Waals surface area contributed by atoms with Crippen LogP contribution in [-0.4, -0.2) is 61.3 Å². The van der Waals surface area contributed by atoms with Crippen molar-refractivity contribution in [3.8, 4) is 11.5 Å². The summed E-state index contributed by atoms with van der Waals surface area (Å²) in [5.41, 5.74) is 1.27. The number of ether oxygens (including phenoxy) is 4. The molecule has 3 aromatic carbocycles. The minimum Gasteiger partial charge on any atom is -0.497 e. The Morgan fingerprint density at radius 2 is 1.44 bits per heavy atom. The van der Waals surface area contributed by atoms with E-state index in [0.717, 1.165) is 34.7 Å². The summed E-state index contributed by atoms with van der Waals surface area (Å²) in [6.45, 7) is 5.20.